The van der Waals surface area contributed by atoms with Crippen molar-refractivity contribution in [2.24, 2.45) is 5.41 Å². The van der Waals surface area contributed by atoms with Crippen molar-refractivity contribution >= 4 is 29.5 Å². The van der Waals surface area contributed by atoms with E-state index in [2.05, 4.69) is 30.8 Å². The van der Waals surface area contributed by atoms with Crippen LogP contribution in [-0.4, -0.2) is 42.0 Å². The number of nitrogens with one attached hydrogen (secondary N) is 1. The Kier molecular flexibility index (Phi) is 12.4. The molecule has 10 heteroatoms. The average Bonchev–Trinajstić information content (AvgIpc) is 2.91. The molecule has 0 atom stereocenters. The van der Waals surface area contributed by atoms with E-state index in [0.29, 0.717) is 17.4 Å². The number of carboxylic acid groups (broad SMARTS) is 1. The molecule has 1 amide bonds. The van der Waals surface area contributed by atoms with Crippen molar-refractivity contribution in [3.63, 3.8) is 0 Å². The van der Waals surface area contributed by atoms with Crippen LogP contribution in [-0.2, 0) is 16.0 Å². The fourth-order valence-electron chi connectivity index (χ4n) is 3.75. The van der Waals surface area contributed by atoms with Gasteiger partial charge in [0.25, 0.3) is 5.91 Å². The van der Waals surface area contributed by atoms with Crippen molar-refractivity contribution in [3.8, 4) is 5.75 Å². The topological polar surface area (TPSA) is 110 Å². The van der Waals surface area contributed by atoms with Gasteiger partial charge in [-0.05, 0) is 72.4 Å². The average molecular weight is 598 g/mol. The molecular weight excluding hydrogens is 563 g/mol. The van der Waals surface area contributed by atoms with Gasteiger partial charge in [-0.3, -0.25) is 19.2 Å². The molecule has 3 aromatic rings. The molecule has 0 unspecified atom stereocenters. The van der Waals surface area contributed by atoms with Crippen LogP contribution < -0.4 is 10.1 Å². The number of hydrogen-bond acceptors (Lipinski definition) is 5. The lowest BCUT2D eigenvalue weighted by Crippen LogP contribution is -2.25. The molecule has 0 fully saturated rings. The lowest BCUT2D eigenvalue weighted by molar-refractivity contribution is -0.274. The Morgan fingerprint density at radius 1 is 0.837 bits per heavy atom. The summed E-state index contributed by atoms with van der Waals surface area (Å²) < 4.78 is 40.3. The first kappa shape index (κ1) is 34.5. The first-order valence-corrected chi connectivity index (χ1v) is 13.3. The maximum Gasteiger partial charge on any atom is 0.573 e. The third-order valence-electron chi connectivity index (χ3n) is 5.75. The Bertz CT molecular complexity index is 1420. The Hall–Kier alpha value is -4.73. The van der Waals surface area contributed by atoms with Crippen molar-refractivity contribution in [1.29, 1.82) is 0 Å². The van der Waals surface area contributed by atoms with Crippen LogP contribution in [0.5, 0.6) is 5.75 Å². The predicted octanol–water partition coefficient (Wildman–Crippen LogP) is 6.84. The summed E-state index contributed by atoms with van der Waals surface area (Å²) in [5.74, 6) is -2.06. The molecule has 0 heterocycles. The minimum absolute atomic E-state index is 0.0579. The Balaban J connectivity index is 0.000000362. The van der Waals surface area contributed by atoms with Crippen LogP contribution >= 0.6 is 0 Å². The van der Waals surface area contributed by atoms with E-state index in [9.17, 15) is 32.3 Å². The Morgan fingerprint density at radius 2 is 1.37 bits per heavy atom. The molecule has 0 aliphatic carbocycles. The predicted molar refractivity (Wildman–Crippen MR) is 157 cm³/mol. The van der Waals surface area contributed by atoms with Crippen LogP contribution in [0, 0.1) is 12.3 Å². The number of aldehydes is 1. The van der Waals surface area contributed by atoms with Crippen LogP contribution in [0.15, 0.2) is 78.9 Å². The largest absolute Gasteiger partial charge is 0.573 e. The van der Waals surface area contributed by atoms with Gasteiger partial charge in [-0.1, -0.05) is 62.7 Å². The molecule has 0 saturated carbocycles. The number of ketones is 1. The van der Waals surface area contributed by atoms with Gasteiger partial charge in [-0.15, -0.1) is 13.2 Å². The zero-order valence-electron chi connectivity index (χ0n) is 24.3. The van der Waals surface area contributed by atoms with Gasteiger partial charge in [-0.2, -0.15) is 0 Å². The highest BCUT2D eigenvalue weighted by Crippen LogP contribution is 2.24. The summed E-state index contributed by atoms with van der Waals surface area (Å²) in [5, 5.41) is 10.9. The molecule has 0 aromatic heterocycles. The fourth-order valence-corrected chi connectivity index (χ4v) is 3.75. The van der Waals surface area contributed by atoms with E-state index in [1.165, 1.54) is 18.2 Å². The summed E-state index contributed by atoms with van der Waals surface area (Å²) in [6, 6.07) is 19.0. The molecule has 0 bridgehead atoms. The number of aryl methyl sites for hydroxylation is 1. The van der Waals surface area contributed by atoms with Crippen molar-refractivity contribution in [3.05, 3.63) is 107 Å². The van der Waals surface area contributed by atoms with E-state index in [4.69, 9.17) is 5.11 Å². The summed E-state index contributed by atoms with van der Waals surface area (Å²) in [5.41, 5.74) is 3.82. The number of hydrogen-bond donors (Lipinski definition) is 2. The number of carboxylic acids is 1. The van der Waals surface area contributed by atoms with Crippen LogP contribution in [0.1, 0.15) is 64.6 Å². The molecule has 0 aliphatic rings. The Morgan fingerprint density at radius 3 is 1.86 bits per heavy atom. The van der Waals surface area contributed by atoms with E-state index >= 15 is 0 Å². The van der Waals surface area contributed by atoms with Crippen LogP contribution in [0.4, 0.5) is 13.2 Å². The number of ether oxygens (including phenoxy) is 1. The third-order valence-corrected chi connectivity index (χ3v) is 5.75. The minimum Gasteiger partial charge on any atom is -0.481 e. The quantitative estimate of drug-likeness (QED) is 0.151. The van der Waals surface area contributed by atoms with E-state index in [-0.39, 0.29) is 35.4 Å². The van der Waals surface area contributed by atoms with Gasteiger partial charge in [-0.25, -0.2) is 0 Å². The third kappa shape index (κ3) is 13.2. The molecule has 3 rings (SSSR count). The Labute approximate surface area is 248 Å². The van der Waals surface area contributed by atoms with Crippen molar-refractivity contribution in [2.45, 2.75) is 46.9 Å². The number of alkyl halides is 3. The van der Waals surface area contributed by atoms with Crippen molar-refractivity contribution < 1.29 is 42.2 Å². The van der Waals surface area contributed by atoms with Gasteiger partial charge in [0.2, 0.25) is 0 Å². The second-order valence-electron chi connectivity index (χ2n) is 10.9. The summed E-state index contributed by atoms with van der Waals surface area (Å²) in [7, 11) is 0. The van der Waals surface area contributed by atoms with E-state index in [0.717, 1.165) is 29.7 Å². The monoisotopic (exact) mass is 597 g/mol. The second kappa shape index (κ2) is 15.5. The summed E-state index contributed by atoms with van der Waals surface area (Å²) in [4.78, 5) is 45.4. The fraction of sp³-hybridized carbons (Fsp3) is 0.273. The van der Waals surface area contributed by atoms with Crippen LogP contribution in [0.2, 0.25) is 0 Å². The molecule has 3 aromatic carbocycles. The lowest BCUT2D eigenvalue weighted by atomic mass is 9.87. The highest BCUT2D eigenvalue weighted by Gasteiger charge is 2.31. The van der Waals surface area contributed by atoms with Gasteiger partial charge in [0.05, 0.1) is 6.42 Å². The molecule has 43 heavy (non-hydrogen) atoms. The van der Waals surface area contributed by atoms with Crippen molar-refractivity contribution in [1.82, 2.24) is 5.32 Å². The van der Waals surface area contributed by atoms with Gasteiger partial charge in [0.1, 0.15) is 5.75 Å². The highest BCUT2D eigenvalue weighted by atomic mass is 19.4. The first-order chi connectivity index (χ1) is 20.1. The van der Waals surface area contributed by atoms with E-state index < -0.39 is 23.9 Å². The second-order valence-corrected chi connectivity index (χ2v) is 10.9. The van der Waals surface area contributed by atoms with E-state index in [1.807, 2.05) is 31.2 Å². The smallest absolute Gasteiger partial charge is 0.481 e. The summed E-state index contributed by atoms with van der Waals surface area (Å²) >= 11 is 0. The maximum absolute atomic E-state index is 12.3. The number of allylic oxidation sites excluding steroid dienone is 2. The summed E-state index contributed by atoms with van der Waals surface area (Å²) in [6.45, 7) is 8.47. The van der Waals surface area contributed by atoms with Gasteiger partial charge in [0, 0.05) is 23.2 Å². The van der Waals surface area contributed by atoms with Crippen LogP contribution in [0.3, 0.4) is 0 Å². The number of amides is 1. The molecular formula is C33H34F3NO6. The molecule has 228 valence electrons. The maximum atomic E-state index is 12.3. The van der Waals surface area contributed by atoms with Gasteiger partial charge in [0.15, 0.2) is 12.1 Å². The zero-order valence-corrected chi connectivity index (χ0v) is 24.3. The number of carbonyl (C=O) groups is 4. The lowest BCUT2D eigenvalue weighted by Gasteiger charge is -2.18. The van der Waals surface area contributed by atoms with Crippen molar-refractivity contribution in [2.75, 3.05) is 6.54 Å². The molecule has 0 radical (unpaired) electrons. The standard InChI is InChI=1S/C22H21F3O3.C11H13NO3/c1-21(2,3)13-15-4-6-16(7-5-15)18(14-26)12-20(27)17-8-10-19(11-9-17)28-22(23,24)25;1-8-2-4-9(5-3-8)11(15)12-7-6-10(13)14/h4-12,14H,13H2,1-3H3;2-5H,6-7H2,1H3,(H,12,15)(H,13,14)/b18-12+;. The molecule has 2 N–H and O–H groups in total. The molecule has 7 nitrogen and oxygen atoms in total. The number of rotatable bonds is 10. The summed E-state index contributed by atoms with van der Waals surface area (Å²) in [6.07, 6.45) is -2.23. The first-order valence-electron chi connectivity index (χ1n) is 13.3. The normalized spacial score (nSPS) is 11.6. The van der Waals surface area contributed by atoms with E-state index in [1.54, 1.807) is 24.3 Å². The zero-order chi connectivity index (χ0) is 32.2. The molecule has 0 aliphatic heterocycles. The number of aliphatic carboxylic acids is 1. The van der Waals surface area contributed by atoms with Gasteiger partial charge >= 0.3 is 12.3 Å². The number of benzene rings is 3. The minimum atomic E-state index is -4.80. The molecule has 0 spiro atoms. The highest BCUT2D eigenvalue weighted by molar-refractivity contribution is 6.18. The number of carbonyl (C=O) groups excluding carboxylic acids is 3. The SMILES string of the molecule is CC(C)(C)Cc1ccc(/C(C=O)=C/C(=O)c2ccc(OC(F)(F)F)cc2)cc1.Cc1ccc(C(=O)NCCC(=O)O)cc1. The number of halogens is 3. The van der Waals surface area contributed by atoms with Gasteiger partial charge < -0.3 is 15.2 Å². The van der Waals surface area contributed by atoms with Crippen LogP contribution in [0.25, 0.3) is 5.57 Å². The molecule has 0 saturated heterocycles.